The Labute approximate surface area is 158 Å². The molecule has 2 aromatic carbocycles. The van der Waals surface area contributed by atoms with Gasteiger partial charge in [0.05, 0.1) is 11.5 Å². The maximum atomic E-state index is 11.9. The zero-order valence-corrected chi connectivity index (χ0v) is 15.3. The first-order chi connectivity index (χ1) is 13.0. The number of para-hydroxylation sites is 2. The monoisotopic (exact) mass is 369 g/mol. The highest BCUT2D eigenvalue weighted by molar-refractivity contribution is 5.68. The molecular formula is C20H23N3O4. The van der Waals surface area contributed by atoms with Gasteiger partial charge < -0.3 is 14.5 Å². The van der Waals surface area contributed by atoms with Crippen LogP contribution in [-0.2, 0) is 11.2 Å². The van der Waals surface area contributed by atoms with Crippen molar-refractivity contribution in [3.05, 3.63) is 70.3 Å². The number of cyclic esters (lactones) is 1. The van der Waals surface area contributed by atoms with E-state index in [1.54, 1.807) is 25.2 Å². The molecule has 7 nitrogen and oxygen atoms in total. The third-order valence-corrected chi connectivity index (χ3v) is 4.72. The van der Waals surface area contributed by atoms with Crippen LogP contribution in [0.2, 0.25) is 0 Å². The van der Waals surface area contributed by atoms with Gasteiger partial charge in [0, 0.05) is 32.6 Å². The molecule has 0 bridgehead atoms. The molecular weight excluding hydrogens is 346 g/mol. The number of hydrogen-bond acceptors (Lipinski definition) is 5. The average molecular weight is 369 g/mol. The van der Waals surface area contributed by atoms with Gasteiger partial charge in [0.1, 0.15) is 11.8 Å². The second-order valence-electron chi connectivity index (χ2n) is 6.64. The van der Waals surface area contributed by atoms with Crippen LogP contribution in [0.5, 0.6) is 0 Å². The van der Waals surface area contributed by atoms with E-state index in [0.717, 1.165) is 12.0 Å². The third-order valence-electron chi connectivity index (χ3n) is 4.72. The number of nitro benzene ring substituents is 1. The van der Waals surface area contributed by atoms with Crippen LogP contribution in [0.15, 0.2) is 54.6 Å². The summed E-state index contributed by atoms with van der Waals surface area (Å²) in [4.78, 5) is 26.4. The van der Waals surface area contributed by atoms with Crippen LogP contribution in [-0.4, -0.2) is 48.7 Å². The summed E-state index contributed by atoms with van der Waals surface area (Å²) in [6.07, 6.45) is 0.805. The summed E-state index contributed by atoms with van der Waals surface area (Å²) in [7, 11) is 1.70. The molecule has 3 rings (SSSR count). The zero-order valence-electron chi connectivity index (χ0n) is 15.3. The number of benzene rings is 2. The van der Waals surface area contributed by atoms with Crippen LogP contribution in [0.1, 0.15) is 12.0 Å². The lowest BCUT2D eigenvalue weighted by Crippen LogP contribution is -2.45. The summed E-state index contributed by atoms with van der Waals surface area (Å²) in [5.74, 6) is 0. The van der Waals surface area contributed by atoms with Crippen molar-refractivity contribution in [2.45, 2.75) is 18.9 Å². The van der Waals surface area contributed by atoms with E-state index in [1.165, 1.54) is 11.0 Å². The van der Waals surface area contributed by atoms with Gasteiger partial charge in [-0.1, -0.05) is 42.5 Å². The number of ether oxygens (including phenoxy) is 1. The van der Waals surface area contributed by atoms with Gasteiger partial charge >= 0.3 is 6.09 Å². The fraction of sp³-hybridized carbons (Fsp3) is 0.350. The van der Waals surface area contributed by atoms with Crippen molar-refractivity contribution < 1.29 is 14.5 Å². The van der Waals surface area contributed by atoms with Crippen LogP contribution >= 0.6 is 0 Å². The first-order valence-electron chi connectivity index (χ1n) is 8.98. The second-order valence-corrected chi connectivity index (χ2v) is 6.64. The summed E-state index contributed by atoms with van der Waals surface area (Å²) in [5.41, 5.74) is 1.76. The van der Waals surface area contributed by atoms with Gasteiger partial charge in [-0.05, 0) is 18.1 Å². The second kappa shape index (κ2) is 8.53. The molecule has 1 fully saturated rings. The maximum absolute atomic E-state index is 11.9. The highest BCUT2D eigenvalue weighted by atomic mass is 16.6. The first kappa shape index (κ1) is 18.7. The van der Waals surface area contributed by atoms with Gasteiger partial charge in [0.15, 0.2) is 0 Å². The molecule has 1 amide bonds. The van der Waals surface area contributed by atoms with E-state index in [1.807, 2.05) is 35.2 Å². The zero-order chi connectivity index (χ0) is 19.2. The Morgan fingerprint density at radius 3 is 2.59 bits per heavy atom. The van der Waals surface area contributed by atoms with Gasteiger partial charge in [-0.25, -0.2) is 4.79 Å². The Morgan fingerprint density at radius 2 is 1.89 bits per heavy atom. The van der Waals surface area contributed by atoms with E-state index < -0.39 is 0 Å². The lowest BCUT2D eigenvalue weighted by Gasteiger charge is -2.33. The molecule has 1 saturated heterocycles. The first-order valence-corrected chi connectivity index (χ1v) is 8.98. The summed E-state index contributed by atoms with van der Waals surface area (Å²) in [6, 6.07) is 16.7. The number of carbonyl (C=O) groups excluding carboxylic acids is 1. The summed E-state index contributed by atoms with van der Waals surface area (Å²) < 4.78 is 5.48. The Morgan fingerprint density at radius 1 is 1.19 bits per heavy atom. The van der Waals surface area contributed by atoms with Gasteiger partial charge in [-0.15, -0.1) is 0 Å². The molecule has 27 heavy (non-hydrogen) atoms. The fourth-order valence-corrected chi connectivity index (χ4v) is 3.20. The Bertz CT molecular complexity index is 797. The molecule has 7 heteroatoms. The number of hydrogen-bond donors (Lipinski definition) is 0. The van der Waals surface area contributed by atoms with Crippen LogP contribution in [0.4, 0.5) is 16.2 Å². The molecule has 2 aromatic rings. The standard InChI is InChI=1S/C20H23N3O4/c1-21-13-12-17(27-20(21)24)15-22(14-11-16-7-3-2-4-8-16)18-9-5-6-10-19(18)23(25)26/h2-10,17H,11-15H2,1H3/t17-/m0/s1. The van der Waals surface area contributed by atoms with Crippen LogP contribution in [0.3, 0.4) is 0 Å². The Hall–Kier alpha value is -3.09. The highest BCUT2D eigenvalue weighted by Crippen LogP contribution is 2.29. The summed E-state index contributed by atoms with van der Waals surface area (Å²) >= 11 is 0. The molecule has 1 aliphatic heterocycles. The van der Waals surface area contributed by atoms with Crippen molar-refractivity contribution in [3.63, 3.8) is 0 Å². The van der Waals surface area contributed by atoms with Crippen LogP contribution in [0, 0.1) is 10.1 Å². The number of nitro groups is 1. The van der Waals surface area contributed by atoms with Crippen molar-refractivity contribution in [2.75, 3.05) is 31.6 Å². The predicted octanol–water partition coefficient (Wildman–Crippen LogP) is 3.48. The molecule has 0 aliphatic carbocycles. The number of rotatable bonds is 7. The summed E-state index contributed by atoms with van der Waals surface area (Å²) in [5, 5.41) is 11.5. The van der Waals surface area contributed by atoms with Crippen molar-refractivity contribution in [3.8, 4) is 0 Å². The maximum Gasteiger partial charge on any atom is 0.409 e. The minimum atomic E-state index is -0.370. The van der Waals surface area contributed by atoms with Crippen LogP contribution in [0.25, 0.3) is 0 Å². The van der Waals surface area contributed by atoms with Gasteiger partial charge in [0.25, 0.3) is 5.69 Å². The minimum Gasteiger partial charge on any atom is -0.444 e. The van der Waals surface area contributed by atoms with Crippen molar-refractivity contribution >= 4 is 17.5 Å². The fourth-order valence-electron chi connectivity index (χ4n) is 3.20. The van der Waals surface area contributed by atoms with Gasteiger partial charge in [0.2, 0.25) is 0 Å². The Balaban J connectivity index is 1.80. The largest absolute Gasteiger partial charge is 0.444 e. The molecule has 0 spiro atoms. The van der Waals surface area contributed by atoms with Gasteiger partial charge in [-0.2, -0.15) is 0 Å². The quantitative estimate of drug-likeness (QED) is 0.552. The van der Waals surface area contributed by atoms with Crippen molar-refractivity contribution in [1.82, 2.24) is 4.90 Å². The molecule has 0 unspecified atom stereocenters. The molecule has 0 saturated carbocycles. The number of amides is 1. The number of nitrogens with zero attached hydrogens (tertiary/aromatic N) is 3. The van der Waals surface area contributed by atoms with E-state index in [-0.39, 0.29) is 22.8 Å². The van der Waals surface area contributed by atoms with E-state index in [0.29, 0.717) is 31.7 Å². The van der Waals surface area contributed by atoms with E-state index >= 15 is 0 Å². The number of carbonyl (C=O) groups is 1. The van der Waals surface area contributed by atoms with E-state index in [2.05, 4.69) is 0 Å². The molecule has 0 radical (unpaired) electrons. The Kier molecular flexibility index (Phi) is 5.90. The molecule has 1 heterocycles. The van der Waals surface area contributed by atoms with Crippen molar-refractivity contribution in [1.29, 1.82) is 0 Å². The smallest absolute Gasteiger partial charge is 0.409 e. The average Bonchev–Trinajstić information content (AvgIpc) is 2.68. The highest BCUT2D eigenvalue weighted by Gasteiger charge is 2.28. The molecule has 1 atom stereocenters. The molecule has 0 N–H and O–H groups in total. The molecule has 142 valence electrons. The molecule has 0 aromatic heterocycles. The molecule has 1 aliphatic rings. The topological polar surface area (TPSA) is 75.9 Å². The van der Waals surface area contributed by atoms with Crippen LogP contribution < -0.4 is 4.90 Å². The third kappa shape index (κ3) is 4.75. The van der Waals surface area contributed by atoms with E-state index in [4.69, 9.17) is 4.74 Å². The normalized spacial score (nSPS) is 16.7. The lowest BCUT2D eigenvalue weighted by atomic mass is 10.1. The minimum absolute atomic E-state index is 0.0600. The summed E-state index contributed by atoms with van der Waals surface area (Å²) in [6.45, 7) is 1.64. The number of anilines is 1. The van der Waals surface area contributed by atoms with Crippen molar-refractivity contribution in [2.24, 2.45) is 0 Å². The lowest BCUT2D eigenvalue weighted by molar-refractivity contribution is -0.384. The van der Waals surface area contributed by atoms with E-state index in [9.17, 15) is 14.9 Å². The SMILES string of the molecule is CN1CC[C@@H](CN(CCc2ccccc2)c2ccccc2[N+](=O)[O-])OC1=O. The van der Waals surface area contributed by atoms with Gasteiger partial charge in [-0.3, -0.25) is 10.1 Å². The predicted molar refractivity (Wildman–Crippen MR) is 103 cm³/mol.